The highest BCUT2D eigenvalue weighted by atomic mass is 15.1. The van der Waals surface area contributed by atoms with Gasteiger partial charge >= 0.3 is 0 Å². The molecule has 0 unspecified atom stereocenters. The molecule has 0 heterocycles. The molecule has 2 heteroatoms. The van der Waals surface area contributed by atoms with Crippen LogP contribution in [0.1, 0.15) is 0 Å². The van der Waals surface area contributed by atoms with Gasteiger partial charge in [0.15, 0.2) is 0 Å². The summed E-state index contributed by atoms with van der Waals surface area (Å²) in [6.07, 6.45) is 0. The smallest absolute Gasteiger partial charge is 0.0462 e. The third kappa shape index (κ3) is 7.01. The van der Waals surface area contributed by atoms with Crippen LogP contribution < -0.4 is 10.2 Å². The SMILES string of the molecule is c1ccc(Nc2ccc(-c3cc(-c4ccc(N(c5ccccc5)c5ccc(-c6ccccc6)cc5)cc4)cc(-c4ccc5ccccc5c4)c3)cc2)cc1. The monoisotopic (exact) mass is 690 g/mol. The maximum absolute atomic E-state index is 3.52. The first-order chi connectivity index (χ1) is 26.7. The molecule has 0 amide bonds. The van der Waals surface area contributed by atoms with E-state index in [1.54, 1.807) is 0 Å². The van der Waals surface area contributed by atoms with Crippen molar-refractivity contribution in [2.45, 2.75) is 0 Å². The van der Waals surface area contributed by atoms with Gasteiger partial charge in [0.05, 0.1) is 0 Å². The topological polar surface area (TPSA) is 15.3 Å². The number of nitrogens with zero attached hydrogens (tertiary/aromatic N) is 1. The molecule has 0 aliphatic rings. The van der Waals surface area contributed by atoms with E-state index in [0.717, 1.165) is 34.0 Å². The second kappa shape index (κ2) is 14.8. The molecule has 2 nitrogen and oxygen atoms in total. The molecule has 9 aromatic rings. The molecule has 0 radical (unpaired) electrons. The number of rotatable bonds is 9. The van der Waals surface area contributed by atoms with E-state index < -0.39 is 0 Å². The van der Waals surface area contributed by atoms with Crippen LogP contribution in [0.2, 0.25) is 0 Å². The second-order valence-electron chi connectivity index (χ2n) is 13.6. The molecule has 9 aromatic carbocycles. The number of anilines is 5. The maximum Gasteiger partial charge on any atom is 0.0462 e. The molecular weight excluding hydrogens is 653 g/mol. The lowest BCUT2D eigenvalue weighted by Crippen LogP contribution is -2.09. The van der Waals surface area contributed by atoms with Gasteiger partial charge in [0, 0.05) is 28.4 Å². The van der Waals surface area contributed by atoms with E-state index in [2.05, 4.69) is 216 Å². The zero-order chi connectivity index (χ0) is 36.1. The quantitative estimate of drug-likeness (QED) is 0.162. The van der Waals surface area contributed by atoms with Crippen molar-refractivity contribution in [3.8, 4) is 44.5 Å². The van der Waals surface area contributed by atoms with Gasteiger partial charge in [-0.25, -0.2) is 0 Å². The molecule has 0 aliphatic heterocycles. The molecule has 1 N–H and O–H groups in total. The van der Waals surface area contributed by atoms with Crippen LogP contribution in [0.5, 0.6) is 0 Å². The third-order valence-electron chi connectivity index (χ3n) is 10.0. The van der Waals surface area contributed by atoms with Gasteiger partial charge in [-0.1, -0.05) is 140 Å². The predicted octanol–water partition coefficient (Wildman–Crippen LogP) is 14.7. The first kappa shape index (κ1) is 32.7. The average Bonchev–Trinajstić information content (AvgIpc) is 3.25. The normalized spacial score (nSPS) is 11.0. The molecule has 0 atom stereocenters. The molecule has 0 bridgehead atoms. The van der Waals surface area contributed by atoms with Crippen LogP contribution in [0.4, 0.5) is 28.4 Å². The molecule has 0 saturated carbocycles. The Labute approximate surface area is 317 Å². The summed E-state index contributed by atoms with van der Waals surface area (Å²) in [6, 6.07) is 80.2. The molecule has 9 rings (SSSR count). The fourth-order valence-corrected chi connectivity index (χ4v) is 7.19. The lowest BCUT2D eigenvalue weighted by atomic mass is 9.92. The van der Waals surface area contributed by atoms with Crippen LogP contribution in [0.15, 0.2) is 224 Å². The lowest BCUT2D eigenvalue weighted by molar-refractivity contribution is 1.28. The highest BCUT2D eigenvalue weighted by molar-refractivity contribution is 5.90. The second-order valence-corrected chi connectivity index (χ2v) is 13.6. The number of hydrogen-bond acceptors (Lipinski definition) is 2. The van der Waals surface area contributed by atoms with Crippen LogP contribution in [0.3, 0.4) is 0 Å². The molecule has 256 valence electrons. The Morgan fingerprint density at radius 1 is 0.241 bits per heavy atom. The van der Waals surface area contributed by atoms with Crippen LogP contribution in [-0.4, -0.2) is 0 Å². The fraction of sp³-hybridized carbons (Fsp3) is 0. The highest BCUT2D eigenvalue weighted by Gasteiger charge is 2.14. The van der Waals surface area contributed by atoms with Gasteiger partial charge in [0.25, 0.3) is 0 Å². The Hall–Kier alpha value is -7.16. The van der Waals surface area contributed by atoms with Crippen molar-refractivity contribution in [1.29, 1.82) is 0 Å². The van der Waals surface area contributed by atoms with Gasteiger partial charge in [0.2, 0.25) is 0 Å². The molecule has 0 aromatic heterocycles. The van der Waals surface area contributed by atoms with E-state index >= 15 is 0 Å². The van der Waals surface area contributed by atoms with Crippen molar-refractivity contribution in [3.63, 3.8) is 0 Å². The summed E-state index contributed by atoms with van der Waals surface area (Å²) in [6.45, 7) is 0. The summed E-state index contributed by atoms with van der Waals surface area (Å²) in [7, 11) is 0. The van der Waals surface area contributed by atoms with Gasteiger partial charge in [-0.3, -0.25) is 0 Å². The summed E-state index contributed by atoms with van der Waals surface area (Å²) in [5.41, 5.74) is 14.9. The number of fused-ring (bicyclic) bond motifs is 1. The Balaban J connectivity index is 1.09. The molecule has 0 spiro atoms. The van der Waals surface area contributed by atoms with Crippen molar-refractivity contribution >= 4 is 39.2 Å². The Kier molecular flexibility index (Phi) is 8.99. The minimum absolute atomic E-state index is 1.06. The fourth-order valence-electron chi connectivity index (χ4n) is 7.19. The minimum Gasteiger partial charge on any atom is -0.356 e. The Morgan fingerprint density at radius 3 is 1.22 bits per heavy atom. The number of nitrogens with one attached hydrogen (secondary N) is 1. The van der Waals surface area contributed by atoms with Crippen molar-refractivity contribution in [2.24, 2.45) is 0 Å². The van der Waals surface area contributed by atoms with Gasteiger partial charge in [-0.15, -0.1) is 0 Å². The Bertz CT molecular complexity index is 2630. The molecule has 0 saturated heterocycles. The van der Waals surface area contributed by atoms with Gasteiger partial charge in [-0.2, -0.15) is 0 Å². The summed E-state index contributed by atoms with van der Waals surface area (Å²) in [4.78, 5) is 2.32. The van der Waals surface area contributed by atoms with Gasteiger partial charge in [-0.05, 0) is 140 Å². The summed E-state index contributed by atoms with van der Waals surface area (Å²) in [5, 5.41) is 6.00. The van der Waals surface area contributed by atoms with E-state index in [-0.39, 0.29) is 0 Å². The van der Waals surface area contributed by atoms with E-state index in [0.29, 0.717) is 0 Å². The van der Waals surface area contributed by atoms with Crippen molar-refractivity contribution in [2.75, 3.05) is 10.2 Å². The van der Waals surface area contributed by atoms with Crippen LogP contribution >= 0.6 is 0 Å². The van der Waals surface area contributed by atoms with Crippen molar-refractivity contribution < 1.29 is 0 Å². The average molecular weight is 691 g/mol. The van der Waals surface area contributed by atoms with Crippen molar-refractivity contribution in [1.82, 2.24) is 0 Å². The standard InChI is InChI=1S/C52H38N2/c1-4-12-38(13-5-1)40-24-30-51(31-25-40)54(50-18-8-3-9-19-50)52-32-26-42(27-33-52)46-35-45(41-22-28-49(29-23-41)53-48-16-6-2-7-17-48)36-47(37-46)44-21-20-39-14-10-11-15-43(39)34-44/h1-37,53H. The van der Waals surface area contributed by atoms with Crippen LogP contribution in [0.25, 0.3) is 55.3 Å². The third-order valence-corrected chi connectivity index (χ3v) is 10.0. The largest absolute Gasteiger partial charge is 0.356 e. The van der Waals surface area contributed by atoms with Gasteiger partial charge < -0.3 is 10.2 Å². The summed E-state index contributed by atoms with van der Waals surface area (Å²) in [5.74, 6) is 0. The predicted molar refractivity (Wildman–Crippen MR) is 230 cm³/mol. The molecule has 0 fully saturated rings. The zero-order valence-electron chi connectivity index (χ0n) is 29.8. The molecule has 0 aliphatic carbocycles. The summed E-state index contributed by atoms with van der Waals surface area (Å²) >= 11 is 0. The maximum atomic E-state index is 3.52. The van der Waals surface area contributed by atoms with Crippen LogP contribution in [-0.2, 0) is 0 Å². The van der Waals surface area contributed by atoms with E-state index in [9.17, 15) is 0 Å². The van der Waals surface area contributed by atoms with Crippen LogP contribution in [0, 0.1) is 0 Å². The number of hydrogen-bond donors (Lipinski definition) is 1. The molecular formula is C52H38N2. The zero-order valence-corrected chi connectivity index (χ0v) is 29.8. The first-order valence-corrected chi connectivity index (χ1v) is 18.4. The molecule has 54 heavy (non-hydrogen) atoms. The van der Waals surface area contributed by atoms with Crippen molar-refractivity contribution in [3.05, 3.63) is 224 Å². The van der Waals surface area contributed by atoms with Gasteiger partial charge in [0.1, 0.15) is 0 Å². The van der Waals surface area contributed by atoms with E-state index in [1.807, 2.05) is 18.2 Å². The lowest BCUT2D eigenvalue weighted by Gasteiger charge is -2.26. The highest BCUT2D eigenvalue weighted by Crippen LogP contribution is 2.39. The minimum atomic E-state index is 1.06. The number of benzene rings is 9. The van der Waals surface area contributed by atoms with E-state index in [1.165, 1.54) is 49.7 Å². The summed E-state index contributed by atoms with van der Waals surface area (Å²) < 4.78 is 0. The number of para-hydroxylation sites is 2. The van der Waals surface area contributed by atoms with E-state index in [4.69, 9.17) is 0 Å². The Morgan fingerprint density at radius 2 is 0.630 bits per heavy atom. The first-order valence-electron chi connectivity index (χ1n) is 18.4.